The van der Waals surface area contributed by atoms with Crippen LogP contribution in [0.5, 0.6) is 0 Å². The predicted octanol–water partition coefficient (Wildman–Crippen LogP) is 4.33. The van der Waals surface area contributed by atoms with Crippen molar-refractivity contribution in [3.05, 3.63) is 65.2 Å². The van der Waals surface area contributed by atoms with Crippen LogP contribution >= 0.6 is 11.3 Å². The third kappa shape index (κ3) is 3.14. The molecule has 4 nitrogen and oxygen atoms in total. The lowest BCUT2D eigenvalue weighted by Crippen LogP contribution is -2.11. The van der Waals surface area contributed by atoms with Crippen LogP contribution in [0.1, 0.15) is 34.1 Å². The lowest BCUT2D eigenvalue weighted by molar-refractivity contribution is 0.102. The predicted molar refractivity (Wildman–Crippen MR) is 91.7 cm³/mol. The highest BCUT2D eigenvalue weighted by Gasteiger charge is 2.27. The third-order valence-electron chi connectivity index (χ3n) is 3.84. The fourth-order valence-electron chi connectivity index (χ4n) is 2.39. The molecule has 0 aliphatic heterocycles. The normalized spacial score (nSPS) is 13.7. The number of nitrogens with zero attached hydrogens (tertiary/aromatic N) is 2. The second-order valence-electron chi connectivity index (χ2n) is 5.62. The maximum atomic E-state index is 12.3. The molecule has 1 aliphatic rings. The first kappa shape index (κ1) is 14.1. The minimum absolute atomic E-state index is 0.150. The van der Waals surface area contributed by atoms with Crippen LogP contribution in [-0.4, -0.2) is 16.1 Å². The summed E-state index contributed by atoms with van der Waals surface area (Å²) in [4.78, 5) is 12.3. The van der Waals surface area contributed by atoms with E-state index < -0.39 is 0 Å². The van der Waals surface area contributed by atoms with Gasteiger partial charge in [-0.2, -0.15) is 0 Å². The third-order valence-corrected chi connectivity index (χ3v) is 4.84. The molecule has 5 heteroatoms. The van der Waals surface area contributed by atoms with E-state index >= 15 is 0 Å². The number of hydrogen-bond donors (Lipinski definition) is 1. The van der Waals surface area contributed by atoms with Crippen LogP contribution in [0.2, 0.25) is 0 Å². The van der Waals surface area contributed by atoms with Crippen LogP contribution in [0, 0.1) is 0 Å². The molecule has 0 atom stereocenters. The van der Waals surface area contributed by atoms with Crippen molar-refractivity contribution in [2.45, 2.75) is 18.8 Å². The maximum absolute atomic E-state index is 12.3. The fourth-order valence-corrected chi connectivity index (χ4v) is 3.30. The van der Waals surface area contributed by atoms with Crippen molar-refractivity contribution < 1.29 is 4.79 Å². The second-order valence-corrected chi connectivity index (χ2v) is 6.63. The maximum Gasteiger partial charge on any atom is 0.257 e. The summed E-state index contributed by atoms with van der Waals surface area (Å²) in [5.41, 5.74) is 2.85. The van der Waals surface area contributed by atoms with Crippen molar-refractivity contribution in [1.29, 1.82) is 0 Å². The molecule has 0 radical (unpaired) electrons. The molecule has 3 aromatic rings. The molecule has 23 heavy (non-hydrogen) atoms. The van der Waals surface area contributed by atoms with Gasteiger partial charge in [-0.1, -0.05) is 53.8 Å². The van der Waals surface area contributed by atoms with Gasteiger partial charge in [0.05, 0.1) is 0 Å². The van der Waals surface area contributed by atoms with Crippen LogP contribution in [0.15, 0.2) is 54.6 Å². The standard InChI is InChI=1S/C18H15N3OS/c22-16(19-18-21-20-17(23-18)15-10-11-15)14-8-6-13(7-9-14)12-4-2-1-3-5-12/h1-9,15H,10-11H2,(H,19,21,22). The zero-order valence-corrected chi connectivity index (χ0v) is 13.2. The number of rotatable bonds is 4. The van der Waals surface area contributed by atoms with Crippen molar-refractivity contribution in [2.75, 3.05) is 5.32 Å². The molecule has 0 unspecified atom stereocenters. The quantitative estimate of drug-likeness (QED) is 0.778. The fraction of sp³-hybridized carbons (Fsp3) is 0.167. The molecule has 114 valence electrons. The smallest absolute Gasteiger partial charge is 0.257 e. The number of carbonyl (C=O) groups excluding carboxylic acids is 1. The zero-order chi connectivity index (χ0) is 15.6. The summed E-state index contributed by atoms with van der Waals surface area (Å²) >= 11 is 1.47. The average molecular weight is 321 g/mol. The largest absolute Gasteiger partial charge is 0.296 e. The van der Waals surface area contributed by atoms with Crippen LogP contribution in [0.4, 0.5) is 5.13 Å². The van der Waals surface area contributed by atoms with Gasteiger partial charge < -0.3 is 0 Å². The number of amides is 1. The molecular weight excluding hydrogens is 306 g/mol. The summed E-state index contributed by atoms with van der Waals surface area (Å²) in [6, 6.07) is 17.7. The molecular formula is C18H15N3OS. The van der Waals surface area contributed by atoms with Gasteiger partial charge in [-0.05, 0) is 36.1 Å². The van der Waals surface area contributed by atoms with Gasteiger partial charge in [-0.15, -0.1) is 10.2 Å². The Morgan fingerprint density at radius 3 is 2.35 bits per heavy atom. The SMILES string of the molecule is O=C(Nc1nnc(C2CC2)s1)c1ccc(-c2ccccc2)cc1. The highest BCUT2D eigenvalue weighted by Crippen LogP contribution is 2.42. The number of carbonyl (C=O) groups is 1. The molecule has 1 aliphatic carbocycles. The van der Waals surface area contributed by atoms with E-state index in [0.29, 0.717) is 16.6 Å². The van der Waals surface area contributed by atoms with Crippen molar-refractivity contribution in [2.24, 2.45) is 0 Å². The number of anilines is 1. The Labute approximate surface area is 138 Å². The van der Waals surface area contributed by atoms with Crippen LogP contribution in [0.3, 0.4) is 0 Å². The van der Waals surface area contributed by atoms with Crippen molar-refractivity contribution in [3.63, 3.8) is 0 Å². The van der Waals surface area contributed by atoms with Crippen LogP contribution in [0.25, 0.3) is 11.1 Å². The Hall–Kier alpha value is -2.53. The summed E-state index contributed by atoms with van der Waals surface area (Å²) in [7, 11) is 0. The minimum Gasteiger partial charge on any atom is -0.296 e. The van der Waals surface area contributed by atoms with Gasteiger partial charge in [0.2, 0.25) is 5.13 Å². The van der Waals surface area contributed by atoms with Crippen molar-refractivity contribution >= 4 is 22.4 Å². The van der Waals surface area contributed by atoms with Gasteiger partial charge in [-0.25, -0.2) is 0 Å². The molecule has 1 saturated carbocycles. The molecule has 1 amide bonds. The molecule has 0 bridgehead atoms. The van der Waals surface area contributed by atoms with E-state index in [1.54, 1.807) is 0 Å². The lowest BCUT2D eigenvalue weighted by Gasteiger charge is -2.04. The first-order valence-electron chi connectivity index (χ1n) is 7.60. The first-order valence-corrected chi connectivity index (χ1v) is 8.41. The first-order chi connectivity index (χ1) is 11.3. The Kier molecular flexibility index (Phi) is 3.63. The summed E-state index contributed by atoms with van der Waals surface area (Å²) in [5.74, 6) is 0.409. The van der Waals surface area contributed by atoms with Crippen LogP contribution < -0.4 is 5.32 Å². The summed E-state index contributed by atoms with van der Waals surface area (Å²) in [6.07, 6.45) is 2.37. The van der Waals surface area contributed by atoms with E-state index in [4.69, 9.17) is 0 Å². The Morgan fingerprint density at radius 1 is 0.957 bits per heavy atom. The lowest BCUT2D eigenvalue weighted by atomic mass is 10.0. The van der Waals surface area contributed by atoms with E-state index in [0.717, 1.165) is 16.1 Å². The van der Waals surface area contributed by atoms with Crippen molar-refractivity contribution in [3.8, 4) is 11.1 Å². The monoisotopic (exact) mass is 321 g/mol. The Bertz CT molecular complexity index is 823. The van der Waals surface area contributed by atoms with Gasteiger partial charge in [0, 0.05) is 11.5 Å². The highest BCUT2D eigenvalue weighted by atomic mass is 32.1. The minimum atomic E-state index is -0.150. The Morgan fingerprint density at radius 2 is 1.65 bits per heavy atom. The molecule has 1 aromatic heterocycles. The highest BCUT2D eigenvalue weighted by molar-refractivity contribution is 7.15. The molecule has 0 saturated heterocycles. The van der Waals surface area contributed by atoms with Gasteiger partial charge in [0.15, 0.2) is 0 Å². The molecule has 1 N–H and O–H groups in total. The molecule has 1 heterocycles. The summed E-state index contributed by atoms with van der Waals surface area (Å²) < 4.78 is 0. The second kappa shape index (κ2) is 5.93. The number of benzene rings is 2. The van der Waals surface area contributed by atoms with E-state index in [9.17, 15) is 4.79 Å². The van der Waals surface area contributed by atoms with Gasteiger partial charge in [-0.3, -0.25) is 10.1 Å². The van der Waals surface area contributed by atoms with E-state index in [-0.39, 0.29) is 5.91 Å². The van der Waals surface area contributed by atoms with E-state index in [1.807, 2.05) is 42.5 Å². The number of nitrogens with one attached hydrogen (secondary N) is 1. The zero-order valence-electron chi connectivity index (χ0n) is 12.4. The summed E-state index contributed by atoms with van der Waals surface area (Å²) in [5, 5.41) is 12.6. The molecule has 0 spiro atoms. The average Bonchev–Trinajstić information content (AvgIpc) is 3.36. The molecule has 2 aromatic carbocycles. The van der Waals surface area contributed by atoms with Gasteiger partial charge >= 0.3 is 0 Å². The number of hydrogen-bond acceptors (Lipinski definition) is 4. The molecule has 4 rings (SSSR count). The van der Waals surface area contributed by atoms with Crippen molar-refractivity contribution in [1.82, 2.24) is 10.2 Å². The van der Waals surface area contributed by atoms with Gasteiger partial charge in [0.25, 0.3) is 5.91 Å². The van der Waals surface area contributed by atoms with E-state index in [2.05, 4.69) is 27.6 Å². The topological polar surface area (TPSA) is 54.9 Å². The van der Waals surface area contributed by atoms with Crippen LogP contribution in [-0.2, 0) is 0 Å². The Balaban J connectivity index is 1.47. The number of aromatic nitrogens is 2. The molecule has 1 fully saturated rings. The van der Waals surface area contributed by atoms with E-state index in [1.165, 1.54) is 24.2 Å². The van der Waals surface area contributed by atoms with Gasteiger partial charge in [0.1, 0.15) is 5.01 Å². The summed E-state index contributed by atoms with van der Waals surface area (Å²) in [6.45, 7) is 0.